The average Bonchev–Trinajstić information content (AvgIpc) is 3.04. The fraction of sp³-hybridized carbons (Fsp3) is 0.158. The molecule has 0 unspecified atom stereocenters. The Kier molecular flexibility index (Phi) is 5.46. The Bertz CT molecular complexity index is 996. The standard InChI is InChI=1S/C19H13F5N2OS/c1-10-15(16(20)21)26-18(28-10)17(27)25-14-5-3-2-4-13(14)11-6-8-12(9-7-11)19(22,23)24/h2-9,16H,1H3,(H,25,27). The topological polar surface area (TPSA) is 42.0 Å². The molecule has 1 heterocycles. The van der Waals surface area contributed by atoms with E-state index in [9.17, 15) is 26.7 Å². The molecule has 0 radical (unpaired) electrons. The lowest BCUT2D eigenvalue weighted by molar-refractivity contribution is -0.137. The summed E-state index contributed by atoms with van der Waals surface area (Å²) in [6, 6.07) is 11.0. The Hall–Kier alpha value is -2.81. The van der Waals surface area contributed by atoms with Gasteiger partial charge < -0.3 is 5.32 Å². The van der Waals surface area contributed by atoms with Gasteiger partial charge in [-0.1, -0.05) is 30.3 Å². The molecule has 1 amide bonds. The van der Waals surface area contributed by atoms with Crippen LogP contribution in [0.2, 0.25) is 0 Å². The number of amides is 1. The maximum atomic E-state index is 12.9. The number of carbonyl (C=O) groups is 1. The summed E-state index contributed by atoms with van der Waals surface area (Å²) in [7, 11) is 0. The molecule has 0 bridgehead atoms. The zero-order valence-electron chi connectivity index (χ0n) is 14.3. The highest BCUT2D eigenvalue weighted by Crippen LogP contribution is 2.33. The van der Waals surface area contributed by atoms with E-state index in [0.29, 0.717) is 16.8 Å². The highest BCUT2D eigenvalue weighted by Gasteiger charge is 2.30. The Morgan fingerprint density at radius 3 is 2.29 bits per heavy atom. The van der Waals surface area contributed by atoms with Gasteiger partial charge in [-0.05, 0) is 30.7 Å². The van der Waals surface area contributed by atoms with Gasteiger partial charge in [0.2, 0.25) is 0 Å². The van der Waals surface area contributed by atoms with E-state index in [0.717, 1.165) is 23.5 Å². The van der Waals surface area contributed by atoms with Crippen molar-refractivity contribution in [2.24, 2.45) is 0 Å². The number of thiazole rings is 1. The first-order chi connectivity index (χ1) is 13.2. The molecule has 3 aromatic rings. The molecule has 0 saturated heterocycles. The Morgan fingerprint density at radius 2 is 1.71 bits per heavy atom. The number of hydrogen-bond donors (Lipinski definition) is 1. The summed E-state index contributed by atoms with van der Waals surface area (Å²) < 4.78 is 63.9. The van der Waals surface area contributed by atoms with E-state index in [1.807, 2.05) is 0 Å². The minimum atomic E-state index is -4.45. The quantitative estimate of drug-likeness (QED) is 0.509. The number of carbonyl (C=O) groups excluding carboxylic acids is 1. The summed E-state index contributed by atoms with van der Waals surface area (Å²) >= 11 is 0.848. The molecule has 2 aromatic carbocycles. The van der Waals surface area contributed by atoms with Crippen molar-refractivity contribution < 1.29 is 26.7 Å². The maximum absolute atomic E-state index is 12.9. The molecular formula is C19H13F5N2OS. The van der Waals surface area contributed by atoms with Gasteiger partial charge in [0.1, 0.15) is 5.69 Å². The van der Waals surface area contributed by atoms with Crippen molar-refractivity contribution in [1.82, 2.24) is 4.98 Å². The van der Waals surface area contributed by atoms with Crippen LogP contribution >= 0.6 is 11.3 Å². The second-order valence-corrected chi connectivity index (χ2v) is 7.04. The van der Waals surface area contributed by atoms with Crippen molar-refractivity contribution in [3.8, 4) is 11.1 Å². The summed E-state index contributed by atoms with van der Waals surface area (Å²) in [6.07, 6.45) is -7.23. The van der Waals surface area contributed by atoms with E-state index in [2.05, 4.69) is 10.3 Å². The van der Waals surface area contributed by atoms with E-state index in [1.54, 1.807) is 24.3 Å². The second-order valence-electron chi connectivity index (χ2n) is 5.84. The van der Waals surface area contributed by atoms with Crippen LogP contribution in [0, 0.1) is 6.92 Å². The van der Waals surface area contributed by atoms with Crippen LogP contribution in [0.3, 0.4) is 0 Å². The zero-order chi connectivity index (χ0) is 20.5. The molecule has 146 valence electrons. The molecule has 0 aliphatic heterocycles. The van der Waals surface area contributed by atoms with E-state index in [1.165, 1.54) is 19.1 Å². The molecule has 0 aliphatic carbocycles. The fourth-order valence-corrected chi connectivity index (χ4v) is 3.38. The Balaban J connectivity index is 1.88. The van der Waals surface area contributed by atoms with Gasteiger partial charge in [0.15, 0.2) is 5.01 Å². The van der Waals surface area contributed by atoms with Crippen LogP contribution in [0.15, 0.2) is 48.5 Å². The lowest BCUT2D eigenvalue weighted by atomic mass is 10.0. The minimum Gasteiger partial charge on any atom is -0.319 e. The van der Waals surface area contributed by atoms with Gasteiger partial charge in [-0.25, -0.2) is 13.8 Å². The molecule has 0 atom stereocenters. The molecule has 1 aromatic heterocycles. The predicted octanol–water partition coefficient (Wildman–Crippen LogP) is 6.33. The van der Waals surface area contributed by atoms with Gasteiger partial charge >= 0.3 is 6.18 Å². The SMILES string of the molecule is Cc1sc(C(=O)Nc2ccccc2-c2ccc(C(F)(F)F)cc2)nc1C(F)F. The highest BCUT2D eigenvalue weighted by atomic mass is 32.1. The minimum absolute atomic E-state index is 0.116. The van der Waals surface area contributed by atoms with Crippen LogP contribution in [0.4, 0.5) is 27.6 Å². The molecular weight excluding hydrogens is 399 g/mol. The number of nitrogens with zero attached hydrogens (tertiary/aromatic N) is 1. The van der Waals surface area contributed by atoms with Gasteiger partial charge in [0.25, 0.3) is 12.3 Å². The number of alkyl halides is 5. The number of benzene rings is 2. The molecule has 9 heteroatoms. The lowest BCUT2D eigenvalue weighted by Gasteiger charge is -2.12. The van der Waals surface area contributed by atoms with Crippen molar-refractivity contribution in [3.63, 3.8) is 0 Å². The summed E-state index contributed by atoms with van der Waals surface area (Å²) in [5.74, 6) is -0.667. The normalized spacial score (nSPS) is 11.7. The van der Waals surface area contributed by atoms with Gasteiger partial charge in [-0.2, -0.15) is 13.2 Å². The molecule has 0 aliphatic rings. The predicted molar refractivity (Wildman–Crippen MR) is 96.6 cm³/mol. The summed E-state index contributed by atoms with van der Waals surface area (Å²) in [6.45, 7) is 1.45. The van der Waals surface area contributed by atoms with Crippen LogP contribution in [0.25, 0.3) is 11.1 Å². The maximum Gasteiger partial charge on any atom is 0.416 e. The van der Waals surface area contributed by atoms with Crippen LogP contribution in [-0.2, 0) is 6.18 Å². The fourth-order valence-electron chi connectivity index (χ4n) is 2.57. The molecule has 0 spiro atoms. The van der Waals surface area contributed by atoms with Crippen LogP contribution < -0.4 is 5.32 Å². The summed E-state index contributed by atoms with van der Waals surface area (Å²) in [5.41, 5.74) is 0.0693. The third-order valence-electron chi connectivity index (χ3n) is 3.93. The van der Waals surface area contributed by atoms with Gasteiger partial charge in [0.05, 0.1) is 5.56 Å². The lowest BCUT2D eigenvalue weighted by Crippen LogP contribution is -2.12. The van der Waals surface area contributed by atoms with Crippen LogP contribution in [-0.4, -0.2) is 10.9 Å². The van der Waals surface area contributed by atoms with Crippen molar-refractivity contribution in [2.75, 3.05) is 5.32 Å². The molecule has 3 rings (SSSR count). The van der Waals surface area contributed by atoms with Crippen LogP contribution in [0.1, 0.15) is 32.4 Å². The molecule has 0 fully saturated rings. The van der Waals surface area contributed by atoms with Crippen molar-refractivity contribution in [3.05, 3.63) is 69.7 Å². The number of rotatable bonds is 4. The van der Waals surface area contributed by atoms with Crippen molar-refractivity contribution >= 4 is 22.9 Å². The molecule has 1 N–H and O–H groups in total. The average molecular weight is 412 g/mol. The van der Waals surface area contributed by atoms with E-state index in [4.69, 9.17) is 0 Å². The van der Waals surface area contributed by atoms with Gasteiger partial charge in [-0.3, -0.25) is 4.79 Å². The monoisotopic (exact) mass is 412 g/mol. The number of hydrogen-bond acceptors (Lipinski definition) is 3. The number of halogens is 5. The number of anilines is 1. The summed E-state index contributed by atoms with van der Waals surface area (Å²) in [5, 5.41) is 2.48. The van der Waals surface area contributed by atoms with E-state index in [-0.39, 0.29) is 9.88 Å². The molecule has 3 nitrogen and oxygen atoms in total. The third-order valence-corrected chi connectivity index (χ3v) is 4.92. The smallest absolute Gasteiger partial charge is 0.319 e. The number of aromatic nitrogens is 1. The molecule has 28 heavy (non-hydrogen) atoms. The van der Waals surface area contributed by atoms with Crippen LogP contribution in [0.5, 0.6) is 0 Å². The number of nitrogens with one attached hydrogen (secondary N) is 1. The first-order valence-corrected chi connectivity index (χ1v) is 8.82. The highest BCUT2D eigenvalue weighted by molar-refractivity contribution is 7.13. The van der Waals surface area contributed by atoms with Crippen molar-refractivity contribution in [2.45, 2.75) is 19.5 Å². The first-order valence-electron chi connectivity index (χ1n) is 8.00. The third kappa shape index (κ3) is 4.19. The largest absolute Gasteiger partial charge is 0.416 e. The number of para-hydroxylation sites is 1. The van der Waals surface area contributed by atoms with Gasteiger partial charge in [-0.15, -0.1) is 11.3 Å². The Morgan fingerprint density at radius 1 is 1.07 bits per heavy atom. The van der Waals surface area contributed by atoms with E-state index >= 15 is 0 Å². The van der Waals surface area contributed by atoms with E-state index < -0.39 is 29.8 Å². The van der Waals surface area contributed by atoms with Crippen molar-refractivity contribution in [1.29, 1.82) is 0 Å². The number of aryl methyl sites for hydroxylation is 1. The molecule has 0 saturated carbocycles. The first kappa shape index (κ1) is 19.9. The summed E-state index contributed by atoms with van der Waals surface area (Å²) in [4.78, 5) is 16.3. The second kappa shape index (κ2) is 7.67. The zero-order valence-corrected chi connectivity index (χ0v) is 15.2. The van der Waals surface area contributed by atoms with Gasteiger partial charge in [0, 0.05) is 16.1 Å². The Labute approximate surface area is 160 Å².